The van der Waals surface area contributed by atoms with Gasteiger partial charge in [0.15, 0.2) is 9.84 Å². The second-order valence-corrected chi connectivity index (χ2v) is 8.67. The number of hydrogen-bond acceptors (Lipinski definition) is 5. The highest BCUT2D eigenvalue weighted by Crippen LogP contribution is 2.20. The van der Waals surface area contributed by atoms with Crippen molar-refractivity contribution in [3.63, 3.8) is 0 Å². The molecule has 6 heteroatoms. The third-order valence-electron chi connectivity index (χ3n) is 4.66. The van der Waals surface area contributed by atoms with Crippen molar-refractivity contribution in [2.24, 2.45) is 0 Å². The highest BCUT2D eigenvalue weighted by molar-refractivity contribution is 7.91. The van der Waals surface area contributed by atoms with Crippen molar-refractivity contribution in [1.29, 1.82) is 0 Å². The molecule has 0 aromatic heterocycles. The van der Waals surface area contributed by atoms with Crippen LogP contribution in [-0.4, -0.2) is 73.2 Å². The molecule has 2 saturated heterocycles. The van der Waals surface area contributed by atoms with Crippen LogP contribution >= 0.6 is 0 Å². The maximum absolute atomic E-state index is 11.6. The number of sulfone groups is 1. The Morgan fingerprint density at radius 2 is 1.91 bits per heavy atom. The van der Waals surface area contributed by atoms with E-state index < -0.39 is 15.9 Å². The zero-order valence-corrected chi connectivity index (χ0v) is 13.8. The summed E-state index contributed by atoms with van der Waals surface area (Å²) in [7, 11) is -3.07. The monoisotopic (exact) mass is 324 g/mol. The van der Waals surface area contributed by atoms with Crippen LogP contribution in [-0.2, 0) is 16.4 Å². The molecular formula is C16H24N2O3S. The topological polar surface area (TPSA) is 60.9 Å². The van der Waals surface area contributed by atoms with Gasteiger partial charge in [-0.25, -0.2) is 8.42 Å². The molecule has 0 radical (unpaired) electrons. The molecule has 22 heavy (non-hydrogen) atoms. The Morgan fingerprint density at radius 1 is 1.18 bits per heavy atom. The number of nitrogens with zero attached hydrogens (tertiary/aromatic N) is 2. The van der Waals surface area contributed by atoms with Crippen LogP contribution in [0.15, 0.2) is 24.3 Å². The fourth-order valence-corrected chi connectivity index (χ4v) is 5.31. The van der Waals surface area contributed by atoms with Crippen molar-refractivity contribution in [2.75, 3.05) is 37.7 Å². The predicted octanol–water partition coefficient (Wildman–Crippen LogP) is 0.271. The molecule has 0 spiro atoms. The average molecular weight is 324 g/mol. The van der Waals surface area contributed by atoms with Crippen molar-refractivity contribution >= 4 is 9.84 Å². The van der Waals surface area contributed by atoms with Crippen LogP contribution in [0.2, 0.25) is 0 Å². The standard InChI is InChI=1S/C16H24N2O3S/c1-13-3-2-4-14(9-13)10-17-5-7-18(8-6-17)15-11-22(20,21)12-16(15)19/h2-4,9,15-16,19H,5-8,10-12H2,1H3/t15-,16+/m0/s1. The molecule has 0 bridgehead atoms. The summed E-state index contributed by atoms with van der Waals surface area (Å²) < 4.78 is 23.3. The molecule has 0 saturated carbocycles. The van der Waals surface area contributed by atoms with Crippen molar-refractivity contribution in [3.05, 3.63) is 35.4 Å². The first-order valence-electron chi connectivity index (χ1n) is 7.83. The van der Waals surface area contributed by atoms with Crippen molar-refractivity contribution in [3.8, 4) is 0 Å². The molecule has 0 amide bonds. The molecule has 2 fully saturated rings. The Morgan fingerprint density at radius 3 is 2.50 bits per heavy atom. The third kappa shape index (κ3) is 3.68. The summed E-state index contributed by atoms with van der Waals surface area (Å²) in [5.41, 5.74) is 2.59. The van der Waals surface area contributed by atoms with Crippen LogP contribution in [0.1, 0.15) is 11.1 Å². The minimum absolute atomic E-state index is 0.0822. The van der Waals surface area contributed by atoms with Crippen molar-refractivity contribution < 1.29 is 13.5 Å². The van der Waals surface area contributed by atoms with E-state index in [1.54, 1.807) is 0 Å². The molecule has 2 heterocycles. The fraction of sp³-hybridized carbons (Fsp3) is 0.625. The van der Waals surface area contributed by atoms with Crippen molar-refractivity contribution in [2.45, 2.75) is 25.6 Å². The first-order chi connectivity index (χ1) is 10.4. The van der Waals surface area contributed by atoms with Gasteiger partial charge < -0.3 is 5.11 Å². The maximum atomic E-state index is 11.6. The number of aliphatic hydroxyl groups excluding tert-OH is 1. The molecule has 3 rings (SSSR count). The van der Waals surface area contributed by atoms with E-state index in [4.69, 9.17) is 0 Å². The molecule has 0 unspecified atom stereocenters. The molecule has 2 aliphatic rings. The number of aliphatic hydroxyl groups is 1. The smallest absolute Gasteiger partial charge is 0.154 e. The Kier molecular flexibility index (Phi) is 4.54. The SMILES string of the molecule is Cc1cccc(CN2CCN([C@H]3CS(=O)(=O)C[C@H]3O)CC2)c1. The van der Waals surface area contributed by atoms with Gasteiger partial charge in [0.2, 0.25) is 0 Å². The number of piperazine rings is 1. The Balaban J connectivity index is 1.54. The average Bonchev–Trinajstić information content (AvgIpc) is 2.73. The largest absolute Gasteiger partial charge is 0.390 e. The lowest BCUT2D eigenvalue weighted by molar-refractivity contribution is 0.0424. The summed E-state index contributed by atoms with van der Waals surface area (Å²) in [5, 5.41) is 9.97. The number of hydrogen-bond donors (Lipinski definition) is 1. The highest BCUT2D eigenvalue weighted by atomic mass is 32.2. The van der Waals surface area contributed by atoms with Gasteiger partial charge in [-0.1, -0.05) is 29.8 Å². The second-order valence-electron chi connectivity index (χ2n) is 6.51. The molecule has 1 aromatic carbocycles. The van der Waals surface area contributed by atoms with Gasteiger partial charge in [-0.05, 0) is 12.5 Å². The molecule has 0 aliphatic carbocycles. The van der Waals surface area contributed by atoms with Gasteiger partial charge in [0.25, 0.3) is 0 Å². The van der Waals surface area contributed by atoms with Gasteiger partial charge >= 0.3 is 0 Å². The Bertz CT molecular complexity index is 624. The van der Waals surface area contributed by atoms with E-state index in [2.05, 4.69) is 41.0 Å². The van der Waals surface area contributed by atoms with Gasteiger partial charge in [0, 0.05) is 32.7 Å². The molecule has 2 aliphatic heterocycles. The van der Waals surface area contributed by atoms with Gasteiger partial charge in [-0.3, -0.25) is 9.80 Å². The van der Waals surface area contributed by atoms with E-state index in [-0.39, 0.29) is 17.5 Å². The van der Waals surface area contributed by atoms with Crippen LogP contribution < -0.4 is 0 Å². The first-order valence-corrected chi connectivity index (χ1v) is 9.65. The lowest BCUT2D eigenvalue weighted by Gasteiger charge is -2.38. The minimum Gasteiger partial charge on any atom is -0.390 e. The van der Waals surface area contributed by atoms with Crippen LogP contribution in [0.4, 0.5) is 0 Å². The zero-order valence-electron chi connectivity index (χ0n) is 13.0. The zero-order chi connectivity index (χ0) is 15.7. The number of rotatable bonds is 3. The van der Waals surface area contributed by atoms with E-state index in [1.165, 1.54) is 11.1 Å². The summed E-state index contributed by atoms with van der Waals surface area (Å²) >= 11 is 0. The number of aryl methyl sites for hydroxylation is 1. The van der Waals surface area contributed by atoms with Gasteiger partial charge in [0.1, 0.15) is 0 Å². The molecule has 5 nitrogen and oxygen atoms in total. The molecule has 1 N–H and O–H groups in total. The van der Waals surface area contributed by atoms with Crippen molar-refractivity contribution in [1.82, 2.24) is 9.80 Å². The summed E-state index contributed by atoms with van der Waals surface area (Å²) in [6.45, 7) is 6.50. The fourth-order valence-electron chi connectivity index (χ4n) is 3.48. The van der Waals surface area contributed by atoms with Crippen LogP contribution in [0.5, 0.6) is 0 Å². The summed E-state index contributed by atoms with van der Waals surface area (Å²) in [6, 6.07) is 8.32. The molecule has 2 atom stereocenters. The Hall–Kier alpha value is -0.950. The summed E-state index contributed by atoms with van der Waals surface area (Å²) in [6.07, 6.45) is -0.728. The minimum atomic E-state index is -3.07. The van der Waals surface area contributed by atoms with E-state index in [0.29, 0.717) is 0 Å². The van der Waals surface area contributed by atoms with E-state index >= 15 is 0 Å². The van der Waals surface area contributed by atoms with E-state index in [1.807, 2.05) is 0 Å². The van der Waals surface area contributed by atoms with Gasteiger partial charge in [-0.15, -0.1) is 0 Å². The normalized spacial score (nSPS) is 29.7. The Labute approximate surface area is 132 Å². The summed E-state index contributed by atoms with van der Waals surface area (Å²) in [5.74, 6) is 0.0211. The third-order valence-corrected chi connectivity index (χ3v) is 6.36. The summed E-state index contributed by atoms with van der Waals surface area (Å²) in [4.78, 5) is 4.53. The first kappa shape index (κ1) is 15.9. The van der Waals surface area contributed by atoms with Crippen LogP contribution in [0.3, 0.4) is 0 Å². The second kappa shape index (κ2) is 6.28. The van der Waals surface area contributed by atoms with E-state index in [0.717, 1.165) is 32.7 Å². The van der Waals surface area contributed by atoms with Gasteiger partial charge in [0.05, 0.1) is 23.7 Å². The van der Waals surface area contributed by atoms with E-state index in [9.17, 15) is 13.5 Å². The maximum Gasteiger partial charge on any atom is 0.154 e. The van der Waals surface area contributed by atoms with Crippen LogP contribution in [0.25, 0.3) is 0 Å². The molecule has 1 aromatic rings. The lowest BCUT2D eigenvalue weighted by Crippen LogP contribution is -2.53. The molecular weight excluding hydrogens is 300 g/mol. The predicted molar refractivity (Wildman–Crippen MR) is 86.5 cm³/mol. The molecule has 122 valence electrons. The number of benzene rings is 1. The lowest BCUT2D eigenvalue weighted by atomic mass is 10.1. The quantitative estimate of drug-likeness (QED) is 0.865. The van der Waals surface area contributed by atoms with Crippen LogP contribution in [0, 0.1) is 6.92 Å². The van der Waals surface area contributed by atoms with Gasteiger partial charge in [-0.2, -0.15) is 0 Å². The highest BCUT2D eigenvalue weighted by Gasteiger charge is 2.40.